The number of anilines is 3. The number of nitrogens with zero attached hydrogens (tertiary/aromatic N) is 4. The monoisotopic (exact) mass is 309 g/mol. The van der Waals surface area contributed by atoms with E-state index < -0.39 is 31.1 Å². The maximum Gasteiger partial charge on any atom is 0.222 e. The second-order valence-electron chi connectivity index (χ2n) is 4.79. The number of aliphatic hydroxyl groups is 3. The fourth-order valence-corrected chi connectivity index (χ4v) is 2.24. The average Bonchev–Trinajstić information content (AvgIpc) is 2.76. The second kappa shape index (κ2) is 5.46. The fourth-order valence-electron chi connectivity index (χ4n) is 2.24. The van der Waals surface area contributed by atoms with E-state index in [1.807, 2.05) is 0 Å². The third-order valence-corrected chi connectivity index (χ3v) is 3.35. The molecule has 2 aromatic rings. The van der Waals surface area contributed by atoms with E-state index in [2.05, 4.69) is 25.3 Å². The summed E-state index contributed by atoms with van der Waals surface area (Å²) in [6.07, 6.45) is -3.16. The molecule has 3 rings (SSSR count). The largest absolute Gasteiger partial charge is 0.394 e. The van der Waals surface area contributed by atoms with Crippen LogP contribution in [-0.4, -0.2) is 66.4 Å². The van der Waals surface area contributed by atoms with E-state index in [9.17, 15) is 10.2 Å². The highest BCUT2D eigenvalue weighted by Crippen LogP contribution is 2.26. The second-order valence-corrected chi connectivity index (χ2v) is 4.79. The zero-order valence-corrected chi connectivity index (χ0v) is 11.3. The van der Waals surface area contributed by atoms with Crippen LogP contribution >= 0.6 is 0 Å². The Kier molecular flexibility index (Phi) is 3.62. The Morgan fingerprint density at radius 3 is 2.59 bits per heavy atom. The van der Waals surface area contributed by atoms with Crippen molar-refractivity contribution >= 4 is 28.6 Å². The Labute approximate surface area is 124 Å². The first-order valence-corrected chi connectivity index (χ1v) is 6.44. The van der Waals surface area contributed by atoms with Crippen LogP contribution in [0.3, 0.4) is 0 Å². The minimum Gasteiger partial charge on any atom is -0.394 e. The SMILES string of the molecule is Nc1nc(NC2O[C@H](CO)[C@@H](O)[C@H]2O)c2ncnc(N)c2n1. The van der Waals surface area contributed by atoms with Crippen LogP contribution in [0.2, 0.25) is 0 Å². The van der Waals surface area contributed by atoms with Gasteiger partial charge < -0.3 is 36.8 Å². The van der Waals surface area contributed by atoms with Gasteiger partial charge in [-0.3, -0.25) is 0 Å². The lowest BCUT2D eigenvalue weighted by atomic mass is 10.1. The molecular weight excluding hydrogens is 294 g/mol. The number of nitrogen functional groups attached to an aromatic ring is 2. The average molecular weight is 309 g/mol. The van der Waals surface area contributed by atoms with E-state index in [1.165, 1.54) is 6.33 Å². The maximum absolute atomic E-state index is 9.94. The van der Waals surface area contributed by atoms with Crippen molar-refractivity contribution in [3.63, 3.8) is 0 Å². The van der Waals surface area contributed by atoms with Gasteiger partial charge in [-0.1, -0.05) is 0 Å². The molecule has 1 aliphatic rings. The van der Waals surface area contributed by atoms with E-state index in [0.29, 0.717) is 5.52 Å². The Morgan fingerprint density at radius 2 is 1.91 bits per heavy atom. The summed E-state index contributed by atoms with van der Waals surface area (Å²) >= 11 is 0. The molecule has 0 spiro atoms. The molecule has 0 aliphatic carbocycles. The zero-order valence-electron chi connectivity index (χ0n) is 11.3. The van der Waals surface area contributed by atoms with E-state index in [-0.39, 0.29) is 23.1 Å². The van der Waals surface area contributed by atoms with Gasteiger partial charge in [-0.25, -0.2) is 15.0 Å². The molecule has 4 atom stereocenters. The minimum atomic E-state index is -1.26. The highest BCUT2D eigenvalue weighted by atomic mass is 16.6. The van der Waals surface area contributed by atoms with Crippen molar-refractivity contribution in [1.82, 2.24) is 19.9 Å². The van der Waals surface area contributed by atoms with Crippen molar-refractivity contribution in [2.75, 3.05) is 23.4 Å². The number of hydrogen-bond donors (Lipinski definition) is 6. The molecule has 1 unspecified atom stereocenters. The Bertz CT molecular complexity index is 699. The van der Waals surface area contributed by atoms with Crippen molar-refractivity contribution in [1.29, 1.82) is 0 Å². The molecule has 0 aromatic carbocycles. The van der Waals surface area contributed by atoms with E-state index in [4.69, 9.17) is 21.3 Å². The topological polar surface area (TPSA) is 186 Å². The van der Waals surface area contributed by atoms with Gasteiger partial charge in [0.1, 0.15) is 35.7 Å². The fraction of sp³-hybridized carbons (Fsp3) is 0.455. The molecule has 0 saturated carbocycles. The number of ether oxygens (including phenoxy) is 1. The number of aliphatic hydroxyl groups excluding tert-OH is 3. The molecule has 1 fully saturated rings. The predicted molar refractivity (Wildman–Crippen MR) is 75.3 cm³/mol. The molecule has 11 nitrogen and oxygen atoms in total. The van der Waals surface area contributed by atoms with Crippen LogP contribution in [0.15, 0.2) is 6.33 Å². The lowest BCUT2D eigenvalue weighted by molar-refractivity contribution is -0.0153. The van der Waals surface area contributed by atoms with Crippen molar-refractivity contribution < 1.29 is 20.1 Å². The van der Waals surface area contributed by atoms with Crippen LogP contribution in [0, 0.1) is 0 Å². The molecule has 3 heterocycles. The van der Waals surface area contributed by atoms with Crippen LogP contribution in [0.5, 0.6) is 0 Å². The number of fused-ring (bicyclic) bond motifs is 1. The Hall–Kier alpha value is -2.34. The zero-order chi connectivity index (χ0) is 15.9. The standard InChI is InChI=1S/C11H15N7O4/c12-8-4-5(14-2-15-8)9(18-11(13)16-4)17-10-7(21)6(20)3(1-19)22-10/h2-3,6-7,10,19-21H,1H2,(H2,12,14,15)(H3,13,16,17,18)/t3-,6-,7-,10?/m1/s1. The van der Waals surface area contributed by atoms with E-state index >= 15 is 0 Å². The molecule has 0 radical (unpaired) electrons. The van der Waals surface area contributed by atoms with Crippen molar-refractivity contribution in [3.8, 4) is 0 Å². The molecule has 8 N–H and O–H groups in total. The summed E-state index contributed by atoms with van der Waals surface area (Å²) in [6.45, 7) is -0.432. The van der Waals surface area contributed by atoms with Gasteiger partial charge in [0.05, 0.1) is 6.61 Å². The van der Waals surface area contributed by atoms with Gasteiger partial charge in [0.2, 0.25) is 5.95 Å². The summed E-state index contributed by atoms with van der Waals surface area (Å²) in [6, 6.07) is 0. The summed E-state index contributed by atoms with van der Waals surface area (Å²) in [4.78, 5) is 15.8. The summed E-state index contributed by atoms with van der Waals surface area (Å²) in [7, 11) is 0. The maximum atomic E-state index is 9.94. The summed E-state index contributed by atoms with van der Waals surface area (Å²) in [5, 5.41) is 31.5. The quantitative estimate of drug-likeness (QED) is 0.350. The van der Waals surface area contributed by atoms with Gasteiger partial charge in [-0.15, -0.1) is 0 Å². The van der Waals surface area contributed by atoms with Gasteiger partial charge >= 0.3 is 0 Å². The van der Waals surface area contributed by atoms with E-state index in [1.54, 1.807) is 0 Å². The number of aromatic nitrogens is 4. The molecule has 1 saturated heterocycles. The van der Waals surface area contributed by atoms with Crippen LogP contribution in [0.25, 0.3) is 11.0 Å². The normalized spacial score (nSPS) is 28.1. The number of hydrogen-bond acceptors (Lipinski definition) is 11. The molecule has 22 heavy (non-hydrogen) atoms. The lowest BCUT2D eigenvalue weighted by Crippen LogP contribution is -2.36. The van der Waals surface area contributed by atoms with Crippen molar-refractivity contribution in [3.05, 3.63) is 6.33 Å². The first-order valence-electron chi connectivity index (χ1n) is 6.44. The molecule has 118 valence electrons. The predicted octanol–water partition coefficient (Wildman–Crippen LogP) is -2.56. The van der Waals surface area contributed by atoms with Gasteiger partial charge in [0.25, 0.3) is 0 Å². The minimum absolute atomic E-state index is 0.0664. The van der Waals surface area contributed by atoms with Crippen LogP contribution in [0.1, 0.15) is 0 Å². The van der Waals surface area contributed by atoms with Crippen LogP contribution in [0.4, 0.5) is 17.6 Å². The molecule has 1 aliphatic heterocycles. The lowest BCUT2D eigenvalue weighted by Gasteiger charge is -2.18. The van der Waals surface area contributed by atoms with Gasteiger partial charge in [-0.05, 0) is 0 Å². The summed E-state index contributed by atoms with van der Waals surface area (Å²) < 4.78 is 5.32. The number of nitrogens with two attached hydrogens (primary N) is 2. The number of nitrogens with one attached hydrogen (secondary N) is 1. The van der Waals surface area contributed by atoms with Gasteiger partial charge in [-0.2, -0.15) is 4.98 Å². The first kappa shape index (κ1) is 14.6. The molecule has 0 bridgehead atoms. The molecule has 2 aromatic heterocycles. The van der Waals surface area contributed by atoms with Crippen molar-refractivity contribution in [2.45, 2.75) is 24.5 Å². The Morgan fingerprint density at radius 1 is 1.14 bits per heavy atom. The Balaban J connectivity index is 1.96. The van der Waals surface area contributed by atoms with Crippen LogP contribution < -0.4 is 16.8 Å². The van der Waals surface area contributed by atoms with E-state index in [0.717, 1.165) is 0 Å². The molecule has 0 amide bonds. The van der Waals surface area contributed by atoms with Gasteiger partial charge in [0, 0.05) is 0 Å². The molecular formula is C11H15N7O4. The number of rotatable bonds is 3. The summed E-state index contributed by atoms with van der Waals surface area (Å²) in [5.41, 5.74) is 11.9. The van der Waals surface area contributed by atoms with Gasteiger partial charge in [0.15, 0.2) is 17.9 Å². The highest BCUT2D eigenvalue weighted by molar-refractivity contribution is 5.92. The summed E-state index contributed by atoms with van der Waals surface area (Å²) in [5.74, 6) is 0.234. The van der Waals surface area contributed by atoms with Crippen LogP contribution in [-0.2, 0) is 4.74 Å². The third kappa shape index (κ3) is 2.35. The third-order valence-electron chi connectivity index (χ3n) is 3.35. The smallest absolute Gasteiger partial charge is 0.222 e. The highest BCUT2D eigenvalue weighted by Gasteiger charge is 2.42. The van der Waals surface area contributed by atoms with Crippen molar-refractivity contribution in [2.24, 2.45) is 0 Å². The first-order chi connectivity index (χ1) is 10.5. The molecule has 11 heteroatoms.